The normalized spacial score (nSPS) is 15.3. The highest BCUT2D eigenvalue weighted by Gasteiger charge is 2.21. The van der Waals surface area contributed by atoms with Gasteiger partial charge in [0.05, 0.1) is 6.04 Å². The molecular weight excluding hydrogens is 242 g/mol. The van der Waals surface area contributed by atoms with Gasteiger partial charge in [-0.15, -0.1) is 11.3 Å². The molecule has 104 valence electrons. The first-order chi connectivity index (χ1) is 8.60. The molecule has 2 unspecified atom stereocenters. The molecule has 18 heavy (non-hydrogen) atoms. The SMILES string of the molecule is CCC(CC)C(CNC(C)c1nccs1)N(C)C. The van der Waals surface area contributed by atoms with E-state index in [-0.39, 0.29) is 0 Å². The van der Waals surface area contributed by atoms with E-state index in [0.29, 0.717) is 12.1 Å². The lowest BCUT2D eigenvalue weighted by atomic mass is 9.93. The average Bonchev–Trinajstić information content (AvgIpc) is 2.87. The van der Waals surface area contributed by atoms with Crippen LogP contribution in [0.15, 0.2) is 11.6 Å². The van der Waals surface area contributed by atoms with E-state index < -0.39 is 0 Å². The van der Waals surface area contributed by atoms with Gasteiger partial charge in [0.25, 0.3) is 0 Å². The highest BCUT2D eigenvalue weighted by molar-refractivity contribution is 7.09. The molecule has 0 aliphatic rings. The predicted molar refractivity (Wildman–Crippen MR) is 80.1 cm³/mol. The van der Waals surface area contributed by atoms with Crippen LogP contribution in [0.3, 0.4) is 0 Å². The number of hydrogen-bond donors (Lipinski definition) is 1. The number of likely N-dealkylation sites (N-methyl/N-ethyl adjacent to an activating group) is 1. The van der Waals surface area contributed by atoms with Gasteiger partial charge in [0.15, 0.2) is 0 Å². The van der Waals surface area contributed by atoms with E-state index in [1.54, 1.807) is 11.3 Å². The first-order valence-corrected chi connectivity index (χ1v) is 7.77. The molecule has 2 atom stereocenters. The third-order valence-electron chi connectivity index (χ3n) is 3.71. The maximum absolute atomic E-state index is 4.37. The zero-order valence-electron chi connectivity index (χ0n) is 12.3. The van der Waals surface area contributed by atoms with Gasteiger partial charge in [-0.05, 0) is 26.9 Å². The third-order valence-corrected chi connectivity index (χ3v) is 4.67. The van der Waals surface area contributed by atoms with Gasteiger partial charge in [0, 0.05) is 24.2 Å². The molecule has 4 heteroatoms. The molecule has 1 rings (SSSR count). The van der Waals surface area contributed by atoms with Crippen LogP contribution >= 0.6 is 11.3 Å². The van der Waals surface area contributed by atoms with Crippen molar-refractivity contribution < 1.29 is 0 Å². The number of nitrogens with zero attached hydrogens (tertiary/aromatic N) is 2. The molecule has 0 aliphatic heterocycles. The van der Waals surface area contributed by atoms with Crippen molar-refractivity contribution in [1.82, 2.24) is 15.2 Å². The van der Waals surface area contributed by atoms with E-state index in [9.17, 15) is 0 Å². The van der Waals surface area contributed by atoms with Gasteiger partial charge >= 0.3 is 0 Å². The Hall–Kier alpha value is -0.450. The van der Waals surface area contributed by atoms with E-state index in [0.717, 1.165) is 12.5 Å². The van der Waals surface area contributed by atoms with Crippen LogP contribution in [0.2, 0.25) is 0 Å². The second kappa shape index (κ2) is 7.87. The molecule has 0 saturated carbocycles. The van der Waals surface area contributed by atoms with Gasteiger partial charge in [-0.1, -0.05) is 26.7 Å². The van der Waals surface area contributed by atoms with Crippen molar-refractivity contribution in [2.75, 3.05) is 20.6 Å². The van der Waals surface area contributed by atoms with Crippen LogP contribution in [0.5, 0.6) is 0 Å². The Morgan fingerprint density at radius 1 is 1.33 bits per heavy atom. The van der Waals surface area contributed by atoms with Crippen molar-refractivity contribution in [2.24, 2.45) is 5.92 Å². The molecule has 0 spiro atoms. The summed E-state index contributed by atoms with van der Waals surface area (Å²) in [6.07, 6.45) is 4.36. The summed E-state index contributed by atoms with van der Waals surface area (Å²) in [7, 11) is 4.36. The molecule has 0 aliphatic carbocycles. The molecule has 0 aromatic carbocycles. The van der Waals surface area contributed by atoms with Gasteiger partial charge in [0.2, 0.25) is 0 Å². The topological polar surface area (TPSA) is 28.2 Å². The highest BCUT2D eigenvalue weighted by atomic mass is 32.1. The molecule has 1 heterocycles. The molecule has 0 saturated heterocycles. The van der Waals surface area contributed by atoms with Crippen LogP contribution < -0.4 is 5.32 Å². The second-order valence-corrected chi connectivity index (χ2v) is 6.03. The summed E-state index contributed by atoms with van der Waals surface area (Å²) in [4.78, 5) is 6.71. The van der Waals surface area contributed by atoms with E-state index in [4.69, 9.17) is 0 Å². The lowest BCUT2D eigenvalue weighted by Crippen LogP contribution is -2.43. The molecule has 1 aromatic rings. The van der Waals surface area contributed by atoms with Crippen LogP contribution in [-0.2, 0) is 0 Å². The Balaban J connectivity index is 2.52. The lowest BCUT2D eigenvalue weighted by molar-refractivity contribution is 0.190. The van der Waals surface area contributed by atoms with Gasteiger partial charge in [-0.3, -0.25) is 0 Å². The van der Waals surface area contributed by atoms with Crippen LogP contribution in [0.25, 0.3) is 0 Å². The molecule has 0 radical (unpaired) electrons. The monoisotopic (exact) mass is 269 g/mol. The smallest absolute Gasteiger partial charge is 0.109 e. The molecule has 0 fully saturated rings. The third kappa shape index (κ3) is 4.34. The van der Waals surface area contributed by atoms with Crippen molar-refractivity contribution in [3.8, 4) is 0 Å². The van der Waals surface area contributed by atoms with Crippen molar-refractivity contribution in [3.05, 3.63) is 16.6 Å². The largest absolute Gasteiger partial charge is 0.307 e. The fourth-order valence-electron chi connectivity index (χ4n) is 2.44. The van der Waals surface area contributed by atoms with Crippen LogP contribution in [0, 0.1) is 5.92 Å². The number of hydrogen-bond acceptors (Lipinski definition) is 4. The highest BCUT2D eigenvalue weighted by Crippen LogP contribution is 2.19. The predicted octanol–water partition coefficient (Wildman–Crippen LogP) is 3.16. The van der Waals surface area contributed by atoms with Gasteiger partial charge in [-0.2, -0.15) is 0 Å². The first-order valence-electron chi connectivity index (χ1n) is 6.89. The fourth-order valence-corrected chi connectivity index (χ4v) is 3.11. The minimum Gasteiger partial charge on any atom is -0.307 e. The Labute approximate surface area is 116 Å². The van der Waals surface area contributed by atoms with E-state index in [2.05, 4.69) is 50.1 Å². The number of aromatic nitrogens is 1. The molecule has 0 bridgehead atoms. The molecule has 1 aromatic heterocycles. The van der Waals surface area contributed by atoms with Gasteiger partial charge in [-0.25, -0.2) is 4.98 Å². The van der Waals surface area contributed by atoms with Crippen molar-refractivity contribution >= 4 is 11.3 Å². The Bertz CT molecular complexity index is 307. The summed E-state index contributed by atoms with van der Waals surface area (Å²) >= 11 is 1.72. The maximum Gasteiger partial charge on any atom is 0.109 e. The quantitative estimate of drug-likeness (QED) is 0.786. The van der Waals surface area contributed by atoms with Crippen LogP contribution in [-0.4, -0.2) is 36.6 Å². The minimum atomic E-state index is 0.349. The summed E-state index contributed by atoms with van der Waals surface area (Å²) in [6, 6.07) is 0.948. The summed E-state index contributed by atoms with van der Waals surface area (Å²) < 4.78 is 0. The zero-order valence-corrected chi connectivity index (χ0v) is 13.1. The Kier molecular flexibility index (Phi) is 6.82. The Morgan fingerprint density at radius 3 is 2.44 bits per heavy atom. The van der Waals surface area contributed by atoms with Crippen molar-refractivity contribution in [1.29, 1.82) is 0 Å². The van der Waals surface area contributed by atoms with Crippen molar-refractivity contribution in [2.45, 2.75) is 45.7 Å². The van der Waals surface area contributed by atoms with E-state index >= 15 is 0 Å². The van der Waals surface area contributed by atoms with Crippen LogP contribution in [0.1, 0.15) is 44.7 Å². The molecule has 1 N–H and O–H groups in total. The van der Waals surface area contributed by atoms with Crippen LogP contribution in [0.4, 0.5) is 0 Å². The van der Waals surface area contributed by atoms with Crippen molar-refractivity contribution in [3.63, 3.8) is 0 Å². The molecule has 3 nitrogen and oxygen atoms in total. The number of thiazole rings is 1. The average molecular weight is 269 g/mol. The van der Waals surface area contributed by atoms with Gasteiger partial charge < -0.3 is 10.2 Å². The fraction of sp³-hybridized carbons (Fsp3) is 0.786. The summed E-state index contributed by atoms with van der Waals surface area (Å²) in [6.45, 7) is 7.79. The molecular formula is C14H27N3S. The maximum atomic E-state index is 4.37. The van der Waals surface area contributed by atoms with Gasteiger partial charge in [0.1, 0.15) is 5.01 Å². The van der Waals surface area contributed by atoms with E-state index in [1.165, 1.54) is 17.8 Å². The summed E-state index contributed by atoms with van der Waals surface area (Å²) in [5, 5.41) is 6.84. The van der Waals surface area contributed by atoms with E-state index in [1.807, 2.05) is 11.6 Å². The number of nitrogens with one attached hydrogen (secondary N) is 1. The molecule has 0 amide bonds. The standard InChI is InChI=1S/C14H27N3S/c1-6-12(7-2)13(17(4)5)10-16-11(3)14-15-8-9-18-14/h8-9,11-13,16H,6-7,10H2,1-5H3. The lowest BCUT2D eigenvalue weighted by Gasteiger charge is -2.32. The summed E-state index contributed by atoms with van der Waals surface area (Å²) in [5.74, 6) is 0.760. The number of rotatable bonds is 8. The first kappa shape index (κ1) is 15.6. The summed E-state index contributed by atoms with van der Waals surface area (Å²) in [5.41, 5.74) is 0. The minimum absolute atomic E-state index is 0.349. The second-order valence-electron chi connectivity index (χ2n) is 5.11. The Morgan fingerprint density at radius 2 is 2.00 bits per heavy atom. The zero-order chi connectivity index (χ0) is 13.5.